The molecule has 0 amide bonds. The molecule has 0 heterocycles. The molecule has 0 saturated heterocycles. The van der Waals surface area contributed by atoms with Crippen molar-refractivity contribution in [3.05, 3.63) is 64.5 Å². The number of aliphatic imine (C=N–C) groups is 1. The minimum absolute atomic E-state index is 0.0280. The van der Waals surface area contributed by atoms with E-state index in [0.717, 1.165) is 24.8 Å². The Kier molecular flexibility index (Phi) is 8.69. The van der Waals surface area contributed by atoms with Gasteiger partial charge in [0.05, 0.1) is 10.7 Å². The number of hydrogen-bond donors (Lipinski definition) is 0. The van der Waals surface area contributed by atoms with Crippen molar-refractivity contribution in [3.63, 3.8) is 0 Å². The summed E-state index contributed by atoms with van der Waals surface area (Å²) in [4.78, 5) is 3.58. The molecule has 1 saturated carbocycles. The van der Waals surface area contributed by atoms with Gasteiger partial charge in [0.25, 0.3) is 0 Å². The molecule has 2 aromatic rings. The van der Waals surface area contributed by atoms with Crippen LogP contribution in [0.15, 0.2) is 35.3 Å². The van der Waals surface area contributed by atoms with Gasteiger partial charge in [-0.3, -0.25) is 0 Å². The molecule has 3 rings (SSSR count). The van der Waals surface area contributed by atoms with E-state index in [1.165, 1.54) is 56.4 Å². The van der Waals surface area contributed by atoms with Gasteiger partial charge in [-0.1, -0.05) is 49.9 Å². The largest absolute Gasteiger partial charge is 0.205 e. The summed E-state index contributed by atoms with van der Waals surface area (Å²) >= 11 is 4.45. The van der Waals surface area contributed by atoms with E-state index in [2.05, 4.69) is 53.0 Å². The standard InChI is InChI=1S/C27H24F3NS/c1-2-3-4-19-5-7-20(8-6-19)9-10-22-16-24(28)23(25(29)17-22)13-11-21-12-14-27(31-18-32)26(30)15-21/h12,14-17,19-20H,2-8H2,1H3. The highest BCUT2D eigenvalue weighted by Crippen LogP contribution is 2.31. The van der Waals surface area contributed by atoms with E-state index in [1.54, 1.807) is 0 Å². The van der Waals surface area contributed by atoms with Crippen LogP contribution in [-0.4, -0.2) is 5.16 Å². The second-order valence-corrected chi connectivity index (χ2v) is 8.25. The summed E-state index contributed by atoms with van der Waals surface area (Å²) in [5.41, 5.74) is 0.226. The summed E-state index contributed by atoms with van der Waals surface area (Å²) in [6.07, 6.45) is 8.23. The molecule has 1 aliphatic rings. The molecule has 1 nitrogen and oxygen atoms in total. The molecule has 0 radical (unpaired) electrons. The zero-order chi connectivity index (χ0) is 22.9. The molecule has 164 valence electrons. The number of thiocarbonyl (C=S) groups is 1. The molecule has 0 bridgehead atoms. The Bertz CT molecular complexity index is 1110. The maximum atomic E-state index is 14.5. The van der Waals surface area contributed by atoms with Gasteiger partial charge in [0.2, 0.25) is 0 Å². The fourth-order valence-electron chi connectivity index (χ4n) is 3.90. The first-order chi connectivity index (χ1) is 15.5. The Labute approximate surface area is 193 Å². The van der Waals surface area contributed by atoms with Crippen molar-refractivity contribution < 1.29 is 13.2 Å². The van der Waals surface area contributed by atoms with Crippen LogP contribution in [0.3, 0.4) is 0 Å². The van der Waals surface area contributed by atoms with E-state index in [1.807, 2.05) is 0 Å². The van der Waals surface area contributed by atoms with Crippen LogP contribution in [0.1, 0.15) is 68.6 Å². The maximum Gasteiger partial charge on any atom is 0.150 e. The van der Waals surface area contributed by atoms with Crippen LogP contribution in [0.25, 0.3) is 0 Å². The van der Waals surface area contributed by atoms with Crippen LogP contribution < -0.4 is 0 Å². The highest BCUT2D eigenvalue weighted by Gasteiger charge is 2.19. The van der Waals surface area contributed by atoms with E-state index < -0.39 is 17.5 Å². The van der Waals surface area contributed by atoms with Crippen molar-refractivity contribution in [2.45, 2.75) is 51.9 Å². The fourth-order valence-corrected chi connectivity index (χ4v) is 4.00. The van der Waals surface area contributed by atoms with E-state index in [0.29, 0.717) is 5.56 Å². The molecule has 0 N–H and O–H groups in total. The van der Waals surface area contributed by atoms with Gasteiger partial charge in [0, 0.05) is 17.0 Å². The molecular formula is C27H24F3NS. The quantitative estimate of drug-likeness (QED) is 0.265. The number of halogens is 3. The molecule has 2 aromatic carbocycles. The number of nitrogens with zero attached hydrogens (tertiary/aromatic N) is 1. The van der Waals surface area contributed by atoms with Gasteiger partial charge in [-0.05, 0) is 74.2 Å². The minimum atomic E-state index is -0.785. The third kappa shape index (κ3) is 6.57. The van der Waals surface area contributed by atoms with Gasteiger partial charge in [0.15, 0.2) is 5.82 Å². The molecule has 0 aromatic heterocycles. The van der Waals surface area contributed by atoms with Crippen LogP contribution in [0.2, 0.25) is 0 Å². The van der Waals surface area contributed by atoms with E-state index in [-0.39, 0.29) is 22.7 Å². The van der Waals surface area contributed by atoms with Gasteiger partial charge < -0.3 is 0 Å². The Morgan fingerprint density at radius 1 is 0.906 bits per heavy atom. The Morgan fingerprint density at radius 2 is 1.59 bits per heavy atom. The van der Waals surface area contributed by atoms with Crippen molar-refractivity contribution in [2.75, 3.05) is 0 Å². The fraction of sp³-hybridized carbons (Fsp3) is 0.370. The zero-order valence-corrected chi connectivity index (χ0v) is 18.8. The Balaban J connectivity index is 1.70. The molecular weight excluding hydrogens is 427 g/mol. The third-order valence-electron chi connectivity index (χ3n) is 5.72. The van der Waals surface area contributed by atoms with Crippen molar-refractivity contribution in [3.8, 4) is 23.7 Å². The van der Waals surface area contributed by atoms with Crippen molar-refractivity contribution >= 4 is 23.1 Å². The number of unbranched alkanes of at least 4 members (excludes halogenated alkanes) is 1. The molecule has 0 aliphatic heterocycles. The summed E-state index contributed by atoms with van der Waals surface area (Å²) in [7, 11) is 0. The summed E-state index contributed by atoms with van der Waals surface area (Å²) in [6.45, 7) is 2.21. The summed E-state index contributed by atoms with van der Waals surface area (Å²) in [5.74, 6) is 10.0. The molecule has 0 spiro atoms. The van der Waals surface area contributed by atoms with Gasteiger partial charge in [-0.25, -0.2) is 13.2 Å². The average Bonchev–Trinajstić information content (AvgIpc) is 2.78. The van der Waals surface area contributed by atoms with Gasteiger partial charge in [-0.2, -0.15) is 4.99 Å². The lowest BCUT2D eigenvalue weighted by Crippen LogP contribution is -2.13. The van der Waals surface area contributed by atoms with Crippen LogP contribution >= 0.6 is 12.2 Å². The smallest absolute Gasteiger partial charge is 0.150 e. The normalized spacial score (nSPS) is 17.4. The summed E-state index contributed by atoms with van der Waals surface area (Å²) in [5, 5.41) is 2.08. The molecule has 0 atom stereocenters. The Morgan fingerprint density at radius 3 is 2.22 bits per heavy atom. The van der Waals surface area contributed by atoms with E-state index in [9.17, 15) is 13.2 Å². The lowest BCUT2D eigenvalue weighted by molar-refractivity contribution is 0.296. The van der Waals surface area contributed by atoms with Crippen LogP contribution in [0.5, 0.6) is 0 Å². The summed E-state index contributed by atoms with van der Waals surface area (Å²) in [6, 6.07) is 6.40. The lowest BCUT2D eigenvalue weighted by Gasteiger charge is -2.25. The molecule has 32 heavy (non-hydrogen) atoms. The van der Waals surface area contributed by atoms with Gasteiger partial charge in [-0.15, -0.1) is 0 Å². The molecule has 5 heteroatoms. The van der Waals surface area contributed by atoms with E-state index >= 15 is 0 Å². The van der Waals surface area contributed by atoms with Crippen molar-refractivity contribution in [1.82, 2.24) is 0 Å². The van der Waals surface area contributed by atoms with Crippen LogP contribution in [-0.2, 0) is 0 Å². The number of benzene rings is 2. The average molecular weight is 452 g/mol. The lowest BCUT2D eigenvalue weighted by atomic mass is 9.80. The monoisotopic (exact) mass is 451 g/mol. The first-order valence-corrected chi connectivity index (χ1v) is 11.3. The second kappa shape index (κ2) is 11.7. The predicted molar refractivity (Wildman–Crippen MR) is 125 cm³/mol. The number of hydrogen-bond acceptors (Lipinski definition) is 2. The molecule has 0 unspecified atom stereocenters. The van der Waals surface area contributed by atoms with Crippen LogP contribution in [0.4, 0.5) is 18.9 Å². The van der Waals surface area contributed by atoms with Gasteiger partial charge in [0.1, 0.15) is 17.3 Å². The third-order valence-corrected chi connectivity index (χ3v) is 5.81. The Hall–Kier alpha value is -2.85. The van der Waals surface area contributed by atoms with E-state index in [4.69, 9.17) is 0 Å². The second-order valence-electron chi connectivity index (χ2n) is 8.06. The van der Waals surface area contributed by atoms with Crippen molar-refractivity contribution in [1.29, 1.82) is 0 Å². The molecule has 1 fully saturated rings. The SMILES string of the molecule is CCCCC1CCC(C#Cc2cc(F)c(C#Cc3ccc(N=C=S)c(F)c3)c(F)c2)CC1. The number of isothiocyanates is 1. The van der Waals surface area contributed by atoms with Crippen LogP contribution in [0, 0.1) is 53.0 Å². The first-order valence-electron chi connectivity index (χ1n) is 10.9. The highest BCUT2D eigenvalue weighted by molar-refractivity contribution is 7.78. The maximum absolute atomic E-state index is 14.5. The zero-order valence-electron chi connectivity index (χ0n) is 18.0. The molecule has 1 aliphatic carbocycles. The first kappa shape index (κ1) is 23.8. The highest BCUT2D eigenvalue weighted by atomic mass is 32.1. The minimum Gasteiger partial charge on any atom is -0.205 e. The topological polar surface area (TPSA) is 12.4 Å². The van der Waals surface area contributed by atoms with Crippen molar-refractivity contribution in [2.24, 2.45) is 16.8 Å². The number of rotatable bonds is 4. The summed E-state index contributed by atoms with van der Waals surface area (Å²) < 4.78 is 42.8. The van der Waals surface area contributed by atoms with Gasteiger partial charge >= 0.3 is 0 Å². The predicted octanol–water partition coefficient (Wildman–Crippen LogP) is 7.59.